The first-order chi connectivity index (χ1) is 13.5. The van der Waals surface area contributed by atoms with Crippen LogP contribution in [-0.4, -0.2) is 15.9 Å². The molecular weight excluding hydrogens is 417 g/mol. The third-order valence-electron chi connectivity index (χ3n) is 4.15. The zero-order valence-electron chi connectivity index (χ0n) is 14.3. The number of thiazole rings is 1. The van der Waals surface area contributed by atoms with Crippen LogP contribution in [0.3, 0.4) is 0 Å². The Kier molecular flexibility index (Phi) is 5.17. The molecule has 0 radical (unpaired) electrons. The Morgan fingerprint density at radius 1 is 1.14 bits per heavy atom. The lowest BCUT2D eigenvalue weighted by Gasteiger charge is -2.03. The van der Waals surface area contributed by atoms with Crippen LogP contribution in [0.25, 0.3) is 10.9 Å². The van der Waals surface area contributed by atoms with Crippen molar-refractivity contribution in [1.82, 2.24) is 9.97 Å². The van der Waals surface area contributed by atoms with Gasteiger partial charge in [-0.1, -0.05) is 47.5 Å². The fraction of sp³-hybridized carbons (Fsp3) is 0.0500. The summed E-state index contributed by atoms with van der Waals surface area (Å²) in [5.41, 5.74) is 1.19. The number of nitrogens with zero attached hydrogens (tertiary/aromatic N) is 1. The van der Waals surface area contributed by atoms with E-state index in [0.717, 1.165) is 15.8 Å². The van der Waals surface area contributed by atoms with Gasteiger partial charge in [-0.3, -0.25) is 14.9 Å². The first-order valence-electron chi connectivity index (χ1n) is 8.31. The Morgan fingerprint density at radius 3 is 2.79 bits per heavy atom. The molecule has 8 heteroatoms. The van der Waals surface area contributed by atoms with E-state index >= 15 is 0 Å². The predicted octanol–water partition coefficient (Wildman–Crippen LogP) is 5.13. The lowest BCUT2D eigenvalue weighted by Crippen LogP contribution is -2.22. The summed E-state index contributed by atoms with van der Waals surface area (Å²) in [6, 6.07) is 14.2. The molecule has 2 aromatic carbocycles. The molecule has 0 atom stereocenters. The molecule has 4 rings (SSSR count). The molecule has 4 aromatic rings. The molecular formula is C20H13Cl2N3O2S. The molecule has 0 aliphatic rings. The van der Waals surface area contributed by atoms with E-state index in [1.165, 1.54) is 11.3 Å². The van der Waals surface area contributed by atoms with Crippen molar-refractivity contribution >= 4 is 56.5 Å². The number of halogens is 2. The minimum atomic E-state index is -0.502. The fourth-order valence-corrected chi connectivity index (χ4v) is 4.09. The van der Waals surface area contributed by atoms with Gasteiger partial charge in [-0.15, -0.1) is 11.3 Å². The number of hydrogen-bond donors (Lipinski definition) is 2. The van der Waals surface area contributed by atoms with E-state index in [9.17, 15) is 9.59 Å². The lowest BCUT2D eigenvalue weighted by molar-refractivity contribution is 0.102. The molecule has 0 bridgehead atoms. The molecule has 28 heavy (non-hydrogen) atoms. The Morgan fingerprint density at radius 2 is 1.96 bits per heavy atom. The van der Waals surface area contributed by atoms with E-state index in [0.29, 0.717) is 27.1 Å². The number of carbonyl (C=O) groups is 1. The molecule has 140 valence electrons. The first kappa shape index (κ1) is 18.7. The Hall–Kier alpha value is -2.67. The number of amides is 1. The largest absolute Gasteiger partial charge is 0.321 e. The number of carbonyl (C=O) groups excluding carboxylic acids is 1. The van der Waals surface area contributed by atoms with Crippen molar-refractivity contribution in [3.8, 4) is 0 Å². The highest BCUT2D eigenvalue weighted by atomic mass is 35.5. The van der Waals surface area contributed by atoms with Crippen LogP contribution in [0, 0.1) is 0 Å². The number of nitrogens with one attached hydrogen (secondary N) is 2. The maximum atomic E-state index is 12.5. The van der Waals surface area contributed by atoms with Crippen molar-refractivity contribution in [3.63, 3.8) is 0 Å². The zero-order valence-corrected chi connectivity index (χ0v) is 16.7. The number of rotatable bonds is 4. The Labute approximate surface area is 174 Å². The average molecular weight is 430 g/mol. The normalized spacial score (nSPS) is 10.9. The Bertz CT molecular complexity index is 1250. The van der Waals surface area contributed by atoms with E-state index in [-0.39, 0.29) is 5.56 Å². The van der Waals surface area contributed by atoms with Crippen molar-refractivity contribution in [2.45, 2.75) is 6.42 Å². The number of H-pyrrole nitrogens is 1. The maximum absolute atomic E-state index is 12.5. The summed E-state index contributed by atoms with van der Waals surface area (Å²) in [6.07, 6.45) is 2.25. The molecule has 2 heterocycles. The van der Waals surface area contributed by atoms with Crippen LogP contribution >= 0.6 is 34.5 Å². The van der Waals surface area contributed by atoms with Crippen LogP contribution in [0.2, 0.25) is 10.0 Å². The van der Waals surface area contributed by atoms with Crippen molar-refractivity contribution in [1.29, 1.82) is 0 Å². The fourth-order valence-electron chi connectivity index (χ4n) is 2.78. The molecule has 0 fully saturated rings. The van der Waals surface area contributed by atoms with Gasteiger partial charge in [0.15, 0.2) is 5.13 Å². The van der Waals surface area contributed by atoms with Gasteiger partial charge in [0.2, 0.25) is 0 Å². The number of hydrogen-bond acceptors (Lipinski definition) is 4. The second kappa shape index (κ2) is 7.75. The maximum Gasteiger partial charge on any atom is 0.263 e. The summed E-state index contributed by atoms with van der Waals surface area (Å²) in [5, 5.41) is 5.04. The van der Waals surface area contributed by atoms with Gasteiger partial charge in [-0.05, 0) is 35.2 Å². The predicted molar refractivity (Wildman–Crippen MR) is 114 cm³/mol. The number of pyridine rings is 1. The van der Waals surface area contributed by atoms with E-state index in [2.05, 4.69) is 15.3 Å². The smallest absolute Gasteiger partial charge is 0.263 e. The highest BCUT2D eigenvalue weighted by Crippen LogP contribution is 2.27. The highest BCUT2D eigenvalue weighted by molar-refractivity contribution is 7.15. The molecule has 0 unspecified atom stereocenters. The zero-order chi connectivity index (χ0) is 19.7. The second-order valence-electron chi connectivity index (χ2n) is 6.10. The summed E-state index contributed by atoms with van der Waals surface area (Å²) in [6.45, 7) is 0. The number of para-hydroxylation sites is 1. The molecule has 0 aliphatic carbocycles. The van der Waals surface area contributed by atoms with Gasteiger partial charge in [0.25, 0.3) is 11.5 Å². The van der Waals surface area contributed by atoms with Crippen LogP contribution in [0.1, 0.15) is 20.8 Å². The van der Waals surface area contributed by atoms with Gasteiger partial charge in [0.1, 0.15) is 5.56 Å². The van der Waals surface area contributed by atoms with E-state index in [1.807, 2.05) is 24.3 Å². The summed E-state index contributed by atoms with van der Waals surface area (Å²) < 4.78 is 0. The average Bonchev–Trinajstić information content (AvgIpc) is 3.10. The van der Waals surface area contributed by atoms with E-state index in [4.69, 9.17) is 23.2 Å². The van der Waals surface area contributed by atoms with Gasteiger partial charge < -0.3 is 4.98 Å². The standard InChI is InChI=1S/C20H13Cl2N3O2S/c21-13-6-5-11(16(22)9-13)7-14-10-23-20(28-14)25-19(27)15-8-12-3-1-2-4-17(12)24-18(15)26/h1-6,8-10H,7H2,(H,24,26)(H,23,25,27). The summed E-state index contributed by atoms with van der Waals surface area (Å²) >= 11 is 13.5. The van der Waals surface area contributed by atoms with Gasteiger partial charge in [-0.2, -0.15) is 0 Å². The Balaban J connectivity index is 1.53. The molecule has 0 saturated carbocycles. The van der Waals surface area contributed by atoms with Crippen LogP contribution in [-0.2, 0) is 6.42 Å². The number of benzene rings is 2. The topological polar surface area (TPSA) is 74.8 Å². The van der Waals surface area contributed by atoms with Crippen LogP contribution in [0.15, 0.2) is 59.5 Å². The number of fused-ring (bicyclic) bond motifs is 1. The summed E-state index contributed by atoms with van der Waals surface area (Å²) in [7, 11) is 0. The van der Waals surface area contributed by atoms with E-state index < -0.39 is 11.5 Å². The minimum Gasteiger partial charge on any atom is -0.321 e. The van der Waals surface area contributed by atoms with Crippen molar-refractivity contribution in [2.24, 2.45) is 0 Å². The van der Waals surface area contributed by atoms with Gasteiger partial charge >= 0.3 is 0 Å². The highest BCUT2D eigenvalue weighted by Gasteiger charge is 2.14. The lowest BCUT2D eigenvalue weighted by atomic mass is 10.1. The third-order valence-corrected chi connectivity index (χ3v) is 5.65. The van der Waals surface area contributed by atoms with Crippen LogP contribution in [0.4, 0.5) is 5.13 Å². The van der Waals surface area contributed by atoms with Gasteiger partial charge in [0, 0.05) is 33.1 Å². The van der Waals surface area contributed by atoms with Gasteiger partial charge in [-0.25, -0.2) is 4.98 Å². The molecule has 1 amide bonds. The number of aromatic nitrogens is 2. The third kappa shape index (κ3) is 3.94. The SMILES string of the molecule is O=C(Nc1ncc(Cc2ccc(Cl)cc2Cl)s1)c1cc2ccccc2[nH]c1=O. The van der Waals surface area contributed by atoms with Gasteiger partial charge in [0.05, 0.1) is 0 Å². The van der Waals surface area contributed by atoms with E-state index in [1.54, 1.807) is 30.5 Å². The molecule has 0 aliphatic heterocycles. The number of aromatic amines is 1. The molecule has 0 saturated heterocycles. The number of anilines is 1. The minimum absolute atomic E-state index is 0.0381. The molecule has 2 N–H and O–H groups in total. The summed E-state index contributed by atoms with van der Waals surface area (Å²) in [4.78, 5) is 32.6. The summed E-state index contributed by atoms with van der Waals surface area (Å²) in [5.74, 6) is -0.502. The monoisotopic (exact) mass is 429 g/mol. The molecule has 0 spiro atoms. The quantitative estimate of drug-likeness (QED) is 0.471. The first-order valence-corrected chi connectivity index (χ1v) is 9.89. The van der Waals surface area contributed by atoms with Crippen molar-refractivity contribution in [3.05, 3.63) is 91.1 Å². The van der Waals surface area contributed by atoms with Crippen LogP contribution < -0.4 is 10.9 Å². The van der Waals surface area contributed by atoms with Crippen LogP contribution in [0.5, 0.6) is 0 Å². The second-order valence-corrected chi connectivity index (χ2v) is 8.06. The molecule has 2 aromatic heterocycles. The van der Waals surface area contributed by atoms with Crippen molar-refractivity contribution < 1.29 is 4.79 Å². The van der Waals surface area contributed by atoms with Crippen molar-refractivity contribution in [2.75, 3.05) is 5.32 Å². The molecule has 5 nitrogen and oxygen atoms in total.